The lowest BCUT2D eigenvalue weighted by Crippen LogP contribution is -2.28. The molecule has 0 aliphatic heterocycles. The summed E-state index contributed by atoms with van der Waals surface area (Å²) in [6.07, 6.45) is 0. The predicted molar refractivity (Wildman–Crippen MR) is 66.5 cm³/mol. The summed E-state index contributed by atoms with van der Waals surface area (Å²) in [5, 5.41) is 2.75. The Morgan fingerprint density at radius 1 is 1.56 bits per heavy atom. The van der Waals surface area contributed by atoms with Gasteiger partial charge in [-0.1, -0.05) is 6.07 Å². The molecule has 1 amide bonds. The molecule has 0 unspecified atom stereocenters. The fraction of sp³-hybridized carbons (Fsp3) is 0.364. The van der Waals surface area contributed by atoms with Crippen LogP contribution in [-0.4, -0.2) is 31.9 Å². The number of anilines is 1. The van der Waals surface area contributed by atoms with Gasteiger partial charge in [0.15, 0.2) is 0 Å². The highest BCUT2D eigenvalue weighted by molar-refractivity contribution is 8.00. The fourth-order valence-electron chi connectivity index (χ4n) is 1.10. The number of rotatable bonds is 6. The van der Waals surface area contributed by atoms with Crippen LogP contribution in [0, 0.1) is 0 Å². The molecule has 1 rings (SSSR count). The maximum absolute atomic E-state index is 11.4. The number of hydrogen-bond donors (Lipinski definition) is 2. The Bertz CT molecular complexity index is 345. The van der Waals surface area contributed by atoms with Gasteiger partial charge in [0.2, 0.25) is 5.91 Å². The number of nitrogens with two attached hydrogens (primary N) is 1. The van der Waals surface area contributed by atoms with Crippen LogP contribution in [0.2, 0.25) is 0 Å². The molecule has 0 aliphatic carbocycles. The van der Waals surface area contributed by atoms with Crippen LogP contribution in [0.5, 0.6) is 0 Å². The van der Waals surface area contributed by atoms with E-state index >= 15 is 0 Å². The zero-order valence-corrected chi connectivity index (χ0v) is 10.0. The summed E-state index contributed by atoms with van der Waals surface area (Å²) in [5.41, 5.74) is 6.35. The number of carbonyl (C=O) groups is 1. The molecule has 1 aromatic carbocycles. The molecule has 88 valence electrons. The first-order chi connectivity index (χ1) is 7.72. The van der Waals surface area contributed by atoms with Gasteiger partial charge in [-0.05, 0) is 18.2 Å². The van der Waals surface area contributed by atoms with Gasteiger partial charge >= 0.3 is 0 Å². The molecule has 0 fully saturated rings. The minimum Gasteiger partial charge on any atom is -0.399 e. The zero-order valence-electron chi connectivity index (χ0n) is 9.23. The van der Waals surface area contributed by atoms with Crippen molar-refractivity contribution in [2.45, 2.75) is 4.90 Å². The lowest BCUT2D eigenvalue weighted by Gasteiger charge is -2.04. The van der Waals surface area contributed by atoms with Gasteiger partial charge in [0, 0.05) is 24.2 Å². The number of thioether (sulfide) groups is 1. The normalized spacial score (nSPS) is 10.1. The molecule has 5 heteroatoms. The van der Waals surface area contributed by atoms with E-state index in [1.807, 2.05) is 24.3 Å². The molecule has 0 saturated heterocycles. The van der Waals surface area contributed by atoms with Crippen molar-refractivity contribution < 1.29 is 9.53 Å². The molecule has 16 heavy (non-hydrogen) atoms. The van der Waals surface area contributed by atoms with Crippen molar-refractivity contribution >= 4 is 23.4 Å². The molecule has 0 heterocycles. The second-order valence-electron chi connectivity index (χ2n) is 3.20. The molecule has 0 bridgehead atoms. The molecule has 0 aliphatic rings. The molecular weight excluding hydrogens is 224 g/mol. The second kappa shape index (κ2) is 7.14. The number of hydrogen-bond acceptors (Lipinski definition) is 4. The van der Waals surface area contributed by atoms with Crippen molar-refractivity contribution in [2.24, 2.45) is 0 Å². The number of ether oxygens (including phenoxy) is 1. The summed E-state index contributed by atoms with van der Waals surface area (Å²) in [6.45, 7) is 1.08. The van der Waals surface area contributed by atoms with E-state index in [9.17, 15) is 4.79 Å². The van der Waals surface area contributed by atoms with E-state index in [2.05, 4.69) is 5.32 Å². The third-order valence-electron chi connectivity index (χ3n) is 1.86. The molecule has 0 radical (unpaired) electrons. The van der Waals surface area contributed by atoms with E-state index in [0.29, 0.717) is 24.6 Å². The second-order valence-corrected chi connectivity index (χ2v) is 4.25. The van der Waals surface area contributed by atoms with E-state index in [0.717, 1.165) is 4.90 Å². The molecule has 0 aromatic heterocycles. The Morgan fingerprint density at radius 2 is 2.38 bits per heavy atom. The SMILES string of the molecule is COCCNC(=O)CSc1cccc(N)c1. The van der Waals surface area contributed by atoms with Gasteiger partial charge in [-0.15, -0.1) is 11.8 Å². The van der Waals surface area contributed by atoms with Gasteiger partial charge in [0.05, 0.1) is 12.4 Å². The summed E-state index contributed by atoms with van der Waals surface area (Å²) in [7, 11) is 1.60. The largest absolute Gasteiger partial charge is 0.399 e. The van der Waals surface area contributed by atoms with Crippen LogP contribution in [0.25, 0.3) is 0 Å². The van der Waals surface area contributed by atoms with E-state index in [4.69, 9.17) is 10.5 Å². The van der Waals surface area contributed by atoms with E-state index < -0.39 is 0 Å². The highest BCUT2D eigenvalue weighted by Gasteiger charge is 2.02. The predicted octanol–water partition coefficient (Wildman–Crippen LogP) is 1.12. The summed E-state index contributed by atoms with van der Waals surface area (Å²) < 4.78 is 4.83. The third-order valence-corrected chi connectivity index (χ3v) is 2.85. The number of methoxy groups -OCH3 is 1. The minimum absolute atomic E-state index is 0.00414. The van der Waals surface area contributed by atoms with Crippen molar-refractivity contribution in [2.75, 3.05) is 31.7 Å². The zero-order chi connectivity index (χ0) is 11.8. The Balaban J connectivity index is 2.26. The first-order valence-electron chi connectivity index (χ1n) is 4.96. The Morgan fingerprint density at radius 3 is 3.06 bits per heavy atom. The van der Waals surface area contributed by atoms with Crippen LogP contribution in [0.1, 0.15) is 0 Å². The van der Waals surface area contributed by atoms with Crippen molar-refractivity contribution in [1.29, 1.82) is 0 Å². The average molecular weight is 240 g/mol. The number of benzene rings is 1. The smallest absolute Gasteiger partial charge is 0.230 e. The third kappa shape index (κ3) is 5.04. The number of carbonyl (C=O) groups excluding carboxylic acids is 1. The summed E-state index contributed by atoms with van der Waals surface area (Å²) in [5.74, 6) is 0.400. The minimum atomic E-state index is 0.00414. The first-order valence-corrected chi connectivity index (χ1v) is 5.95. The van der Waals surface area contributed by atoms with Gasteiger partial charge in [0.1, 0.15) is 0 Å². The maximum atomic E-state index is 11.4. The van der Waals surface area contributed by atoms with Crippen molar-refractivity contribution in [3.63, 3.8) is 0 Å². The van der Waals surface area contributed by atoms with E-state index in [-0.39, 0.29) is 5.91 Å². The lowest BCUT2D eigenvalue weighted by atomic mass is 10.3. The maximum Gasteiger partial charge on any atom is 0.230 e. The van der Waals surface area contributed by atoms with Gasteiger partial charge in [-0.25, -0.2) is 0 Å². The lowest BCUT2D eigenvalue weighted by molar-refractivity contribution is -0.118. The van der Waals surface area contributed by atoms with Crippen molar-refractivity contribution in [1.82, 2.24) is 5.32 Å². The first kappa shape index (κ1) is 12.9. The van der Waals surface area contributed by atoms with Gasteiger partial charge in [-0.3, -0.25) is 4.79 Å². The van der Waals surface area contributed by atoms with Crippen LogP contribution in [-0.2, 0) is 9.53 Å². The van der Waals surface area contributed by atoms with Gasteiger partial charge in [0.25, 0.3) is 0 Å². The molecule has 3 N–H and O–H groups in total. The Labute approximate surface area is 99.5 Å². The van der Waals surface area contributed by atoms with Gasteiger partial charge < -0.3 is 15.8 Å². The van der Waals surface area contributed by atoms with Crippen molar-refractivity contribution in [3.05, 3.63) is 24.3 Å². The summed E-state index contributed by atoms with van der Waals surface area (Å²) in [6, 6.07) is 7.49. The topological polar surface area (TPSA) is 64.3 Å². The summed E-state index contributed by atoms with van der Waals surface area (Å²) in [4.78, 5) is 12.4. The van der Waals surface area contributed by atoms with E-state index in [1.165, 1.54) is 11.8 Å². The quantitative estimate of drug-likeness (QED) is 0.444. The standard InChI is InChI=1S/C11H16N2O2S/c1-15-6-5-13-11(14)8-16-10-4-2-3-9(12)7-10/h2-4,7H,5-6,8,12H2,1H3,(H,13,14). The van der Waals surface area contributed by atoms with Crippen LogP contribution >= 0.6 is 11.8 Å². The Kier molecular flexibility index (Phi) is 5.74. The number of nitrogens with one attached hydrogen (secondary N) is 1. The average Bonchev–Trinajstić information content (AvgIpc) is 2.27. The molecule has 0 atom stereocenters. The van der Waals surface area contributed by atoms with Gasteiger partial charge in [-0.2, -0.15) is 0 Å². The number of nitrogen functional groups attached to an aromatic ring is 1. The Hall–Kier alpha value is -1.20. The van der Waals surface area contributed by atoms with Crippen LogP contribution < -0.4 is 11.1 Å². The highest BCUT2D eigenvalue weighted by atomic mass is 32.2. The highest BCUT2D eigenvalue weighted by Crippen LogP contribution is 2.19. The number of amides is 1. The van der Waals surface area contributed by atoms with Crippen LogP contribution in [0.15, 0.2) is 29.2 Å². The fourth-order valence-corrected chi connectivity index (χ4v) is 1.89. The molecule has 0 saturated carbocycles. The van der Waals surface area contributed by atoms with E-state index in [1.54, 1.807) is 7.11 Å². The molecular formula is C11H16N2O2S. The molecule has 0 spiro atoms. The van der Waals surface area contributed by atoms with Crippen molar-refractivity contribution in [3.8, 4) is 0 Å². The molecule has 4 nitrogen and oxygen atoms in total. The van der Waals surface area contributed by atoms with Crippen LogP contribution in [0.3, 0.4) is 0 Å². The van der Waals surface area contributed by atoms with Crippen LogP contribution in [0.4, 0.5) is 5.69 Å². The summed E-state index contributed by atoms with van der Waals surface area (Å²) >= 11 is 1.47. The monoisotopic (exact) mass is 240 g/mol. The molecule has 1 aromatic rings.